The van der Waals surface area contributed by atoms with Crippen molar-refractivity contribution < 1.29 is 9.21 Å². The molecule has 2 heterocycles. The summed E-state index contributed by atoms with van der Waals surface area (Å²) >= 11 is 1.50. The smallest absolute Gasteiger partial charge is 0.408 e. The van der Waals surface area contributed by atoms with Crippen molar-refractivity contribution in [1.29, 1.82) is 0 Å². The van der Waals surface area contributed by atoms with Gasteiger partial charge in [-0.25, -0.2) is 9.78 Å². The van der Waals surface area contributed by atoms with Crippen LogP contribution in [0.5, 0.6) is 0 Å². The average Bonchev–Trinajstić information content (AvgIpc) is 3.13. The Hall–Kier alpha value is -2.41. The molecule has 0 bridgehead atoms. The lowest BCUT2D eigenvalue weighted by Crippen LogP contribution is -2.29. The second-order valence-electron chi connectivity index (χ2n) is 5.86. The molecule has 0 spiro atoms. The van der Waals surface area contributed by atoms with Crippen LogP contribution < -0.4 is 11.1 Å². The second-order valence-corrected chi connectivity index (χ2v) is 6.95. The first-order valence-electron chi connectivity index (χ1n) is 8.44. The summed E-state index contributed by atoms with van der Waals surface area (Å²) in [4.78, 5) is 30.5. The van der Waals surface area contributed by atoms with Crippen LogP contribution in [0.4, 0.5) is 5.13 Å². The minimum atomic E-state index is -0.695. The van der Waals surface area contributed by atoms with Crippen molar-refractivity contribution >= 4 is 33.5 Å². The van der Waals surface area contributed by atoms with Crippen LogP contribution >= 0.6 is 11.3 Å². The highest BCUT2D eigenvalue weighted by Crippen LogP contribution is 2.26. The number of hydrogen-bond donors (Lipinski definition) is 1. The molecule has 25 heavy (non-hydrogen) atoms. The Labute approximate surface area is 149 Å². The van der Waals surface area contributed by atoms with Gasteiger partial charge < -0.3 is 9.73 Å². The van der Waals surface area contributed by atoms with Crippen molar-refractivity contribution in [2.24, 2.45) is 0 Å². The molecule has 0 radical (unpaired) electrons. The van der Waals surface area contributed by atoms with Gasteiger partial charge in [-0.15, -0.1) is 11.3 Å². The van der Waals surface area contributed by atoms with Gasteiger partial charge in [-0.05, 0) is 31.9 Å². The maximum Gasteiger partial charge on any atom is 0.420 e. The summed E-state index contributed by atoms with van der Waals surface area (Å²) in [7, 11) is 0. The van der Waals surface area contributed by atoms with E-state index < -0.39 is 11.8 Å². The summed E-state index contributed by atoms with van der Waals surface area (Å²) in [5, 5.41) is 3.42. The van der Waals surface area contributed by atoms with E-state index in [4.69, 9.17) is 4.42 Å². The van der Waals surface area contributed by atoms with Crippen LogP contribution in [-0.4, -0.2) is 15.5 Å². The highest BCUT2D eigenvalue weighted by atomic mass is 32.1. The van der Waals surface area contributed by atoms with E-state index in [1.54, 1.807) is 25.1 Å². The van der Waals surface area contributed by atoms with E-state index in [9.17, 15) is 9.59 Å². The fourth-order valence-corrected chi connectivity index (χ4v) is 3.77. The monoisotopic (exact) mass is 359 g/mol. The van der Waals surface area contributed by atoms with Crippen molar-refractivity contribution in [2.45, 2.75) is 46.1 Å². The third kappa shape index (κ3) is 3.37. The molecule has 1 aromatic carbocycles. The summed E-state index contributed by atoms with van der Waals surface area (Å²) in [6.07, 6.45) is 2.80. The van der Waals surface area contributed by atoms with Crippen molar-refractivity contribution in [3.63, 3.8) is 0 Å². The van der Waals surface area contributed by atoms with Gasteiger partial charge in [0, 0.05) is 4.88 Å². The van der Waals surface area contributed by atoms with Gasteiger partial charge in [0.1, 0.15) is 6.04 Å². The fourth-order valence-electron chi connectivity index (χ4n) is 2.82. The van der Waals surface area contributed by atoms with Crippen molar-refractivity contribution in [3.8, 4) is 0 Å². The molecule has 7 heteroatoms. The molecule has 3 rings (SSSR count). The Balaban J connectivity index is 1.85. The number of benzene rings is 1. The summed E-state index contributed by atoms with van der Waals surface area (Å²) in [5.74, 6) is -0.822. The van der Waals surface area contributed by atoms with Crippen LogP contribution in [0.25, 0.3) is 11.1 Å². The number of nitrogens with one attached hydrogen (secondary N) is 1. The number of hydrogen-bond acceptors (Lipinski definition) is 5. The van der Waals surface area contributed by atoms with E-state index in [0.29, 0.717) is 16.2 Å². The van der Waals surface area contributed by atoms with Crippen LogP contribution in [-0.2, 0) is 17.6 Å². The fraction of sp³-hybridized carbons (Fsp3) is 0.389. The predicted molar refractivity (Wildman–Crippen MR) is 99.3 cm³/mol. The van der Waals surface area contributed by atoms with E-state index in [2.05, 4.69) is 24.1 Å². The third-order valence-electron chi connectivity index (χ3n) is 4.10. The van der Waals surface area contributed by atoms with Crippen LogP contribution in [0, 0.1) is 0 Å². The summed E-state index contributed by atoms with van der Waals surface area (Å²) in [6, 6.07) is 6.38. The number of carbonyl (C=O) groups excluding carboxylic acids is 1. The van der Waals surface area contributed by atoms with Crippen LogP contribution in [0.1, 0.15) is 43.8 Å². The number of para-hydroxylation sites is 2. The number of rotatable bonds is 6. The number of nitrogens with zero attached hydrogens (tertiary/aromatic N) is 2. The molecule has 3 aromatic rings. The first-order chi connectivity index (χ1) is 12.0. The highest BCUT2D eigenvalue weighted by molar-refractivity contribution is 7.15. The molecule has 1 amide bonds. The molecule has 0 saturated carbocycles. The molecule has 132 valence electrons. The lowest BCUT2D eigenvalue weighted by molar-refractivity contribution is -0.118. The minimum Gasteiger partial charge on any atom is -0.408 e. The van der Waals surface area contributed by atoms with Gasteiger partial charge in [0.2, 0.25) is 5.91 Å². The lowest BCUT2D eigenvalue weighted by Gasteiger charge is -2.11. The zero-order chi connectivity index (χ0) is 18.0. The molecule has 0 aliphatic heterocycles. The number of amides is 1. The zero-order valence-corrected chi connectivity index (χ0v) is 15.4. The van der Waals surface area contributed by atoms with E-state index in [1.165, 1.54) is 20.8 Å². The van der Waals surface area contributed by atoms with E-state index in [-0.39, 0.29) is 5.91 Å². The molecule has 0 aliphatic rings. The largest absolute Gasteiger partial charge is 0.420 e. The molecule has 0 fully saturated rings. The number of oxazole rings is 1. The van der Waals surface area contributed by atoms with E-state index >= 15 is 0 Å². The summed E-state index contributed by atoms with van der Waals surface area (Å²) in [6.45, 7) is 5.87. The molecule has 2 aromatic heterocycles. The van der Waals surface area contributed by atoms with E-state index in [0.717, 1.165) is 25.0 Å². The number of fused-ring (bicyclic) bond motifs is 1. The Morgan fingerprint density at radius 3 is 2.84 bits per heavy atom. The topological polar surface area (TPSA) is 77.1 Å². The van der Waals surface area contributed by atoms with Gasteiger partial charge in [0.05, 0.1) is 11.2 Å². The predicted octanol–water partition coefficient (Wildman–Crippen LogP) is 3.77. The first-order valence-corrected chi connectivity index (χ1v) is 9.26. The number of aryl methyl sites for hydroxylation is 2. The molecule has 0 aliphatic carbocycles. The van der Waals surface area contributed by atoms with Gasteiger partial charge in [0.25, 0.3) is 0 Å². The lowest BCUT2D eigenvalue weighted by atomic mass is 10.2. The van der Waals surface area contributed by atoms with Crippen molar-refractivity contribution in [1.82, 2.24) is 9.55 Å². The molecular weight excluding hydrogens is 338 g/mol. The Bertz CT molecular complexity index is 954. The normalized spacial score (nSPS) is 12.4. The number of thiazole rings is 1. The quantitative estimate of drug-likeness (QED) is 0.727. The summed E-state index contributed by atoms with van der Waals surface area (Å²) in [5.41, 5.74) is 2.12. The summed E-state index contributed by atoms with van der Waals surface area (Å²) < 4.78 is 6.57. The molecule has 6 nitrogen and oxygen atoms in total. The van der Waals surface area contributed by atoms with Gasteiger partial charge in [-0.2, -0.15) is 0 Å². The molecule has 1 N–H and O–H groups in total. The van der Waals surface area contributed by atoms with Crippen LogP contribution in [0.3, 0.4) is 0 Å². The van der Waals surface area contributed by atoms with Gasteiger partial charge >= 0.3 is 5.76 Å². The van der Waals surface area contributed by atoms with Crippen molar-refractivity contribution in [3.05, 3.63) is 45.4 Å². The second kappa shape index (κ2) is 7.23. The minimum absolute atomic E-state index is 0.284. The van der Waals surface area contributed by atoms with Crippen LogP contribution in [0.15, 0.2) is 33.5 Å². The maximum absolute atomic E-state index is 12.6. The Morgan fingerprint density at radius 1 is 1.36 bits per heavy atom. The molecule has 1 atom stereocenters. The Kier molecular flexibility index (Phi) is 5.03. The van der Waals surface area contributed by atoms with Gasteiger partial charge in [-0.3, -0.25) is 9.36 Å². The number of anilines is 1. The van der Waals surface area contributed by atoms with E-state index in [1.807, 2.05) is 6.07 Å². The zero-order valence-electron chi connectivity index (χ0n) is 14.5. The van der Waals surface area contributed by atoms with Crippen molar-refractivity contribution in [2.75, 3.05) is 5.32 Å². The molecule has 1 unspecified atom stereocenters. The molecule has 0 saturated heterocycles. The Morgan fingerprint density at radius 2 is 2.12 bits per heavy atom. The number of aromatic nitrogens is 2. The first kappa shape index (κ1) is 17.4. The third-order valence-corrected chi connectivity index (χ3v) is 5.26. The average molecular weight is 359 g/mol. The van der Waals surface area contributed by atoms with Gasteiger partial charge in [0.15, 0.2) is 10.7 Å². The molecular formula is C18H21N3O3S. The standard InChI is InChI=1S/C18H21N3O3S/c1-4-8-12-15(5-2)25-17(19-12)20-16(22)11(3)21-13-9-6-7-10-14(13)24-18(21)23/h6-7,9-11H,4-5,8H2,1-3H3,(H,19,20,22). The number of carbonyl (C=O) groups is 1. The maximum atomic E-state index is 12.6. The van der Waals surface area contributed by atoms with Crippen LogP contribution in [0.2, 0.25) is 0 Å². The SMILES string of the molecule is CCCc1nc(NC(=O)C(C)n2c(=O)oc3ccccc32)sc1CC. The highest BCUT2D eigenvalue weighted by Gasteiger charge is 2.22. The van der Waals surface area contributed by atoms with Gasteiger partial charge in [-0.1, -0.05) is 32.4 Å².